The highest BCUT2D eigenvalue weighted by atomic mass is 32.2. The van der Waals surface area contributed by atoms with E-state index in [1.807, 2.05) is 11.4 Å². The highest BCUT2D eigenvalue weighted by Crippen LogP contribution is 2.25. The van der Waals surface area contributed by atoms with Crippen LogP contribution in [-0.4, -0.2) is 51.6 Å². The Morgan fingerprint density at radius 3 is 2.29 bits per heavy atom. The number of pyridine rings is 1. The first kappa shape index (κ1) is 26.5. The van der Waals surface area contributed by atoms with E-state index in [-0.39, 0.29) is 18.6 Å². The molecule has 180 valence electrons. The van der Waals surface area contributed by atoms with Gasteiger partial charge in [-0.1, -0.05) is 6.07 Å². The van der Waals surface area contributed by atoms with Crippen molar-refractivity contribution in [1.82, 2.24) is 19.9 Å². The molecule has 2 aromatic carbocycles. The number of carbonyl (C=O) groups excluding carboxylic acids is 2. The molecular formula is C23H26N4O6S. The van der Waals surface area contributed by atoms with Crippen LogP contribution in [0.5, 0.6) is 17.2 Å². The van der Waals surface area contributed by atoms with Crippen LogP contribution in [0.1, 0.15) is 5.56 Å². The van der Waals surface area contributed by atoms with E-state index in [9.17, 15) is 13.8 Å². The molecule has 0 aliphatic carbocycles. The van der Waals surface area contributed by atoms with Crippen molar-refractivity contribution in [3.8, 4) is 17.2 Å². The molecule has 11 heteroatoms. The fraction of sp³-hybridized carbons (Fsp3) is 0.174. The van der Waals surface area contributed by atoms with E-state index in [1.165, 1.54) is 0 Å². The molecule has 0 saturated carbocycles. The van der Waals surface area contributed by atoms with Gasteiger partial charge in [-0.15, -0.1) is 0 Å². The minimum Gasteiger partial charge on any atom is -0.497 e. The van der Waals surface area contributed by atoms with Crippen LogP contribution in [0.25, 0.3) is 0 Å². The Morgan fingerprint density at radius 2 is 1.71 bits per heavy atom. The fourth-order valence-corrected chi connectivity index (χ4v) is 4.06. The van der Waals surface area contributed by atoms with Gasteiger partial charge in [0.25, 0.3) is 0 Å². The molecule has 0 saturated heterocycles. The molecular weight excluding hydrogens is 460 g/mol. The van der Waals surface area contributed by atoms with Gasteiger partial charge in [-0.2, -0.15) is 0 Å². The van der Waals surface area contributed by atoms with Gasteiger partial charge in [0, 0.05) is 32.0 Å². The molecule has 0 radical (unpaired) electrons. The van der Waals surface area contributed by atoms with Crippen LogP contribution in [0, 0.1) is 0 Å². The second-order valence-electron chi connectivity index (χ2n) is 6.74. The average molecular weight is 487 g/mol. The monoisotopic (exact) mass is 486 g/mol. The van der Waals surface area contributed by atoms with Crippen molar-refractivity contribution in [1.29, 1.82) is 0 Å². The zero-order valence-corrected chi connectivity index (χ0v) is 19.3. The number of hydrogen-bond acceptors (Lipinski definition) is 6. The molecule has 0 spiro atoms. The molecule has 34 heavy (non-hydrogen) atoms. The third-order valence-electron chi connectivity index (χ3n) is 4.47. The first-order valence-electron chi connectivity index (χ1n) is 10.0. The van der Waals surface area contributed by atoms with Gasteiger partial charge in [0.15, 0.2) is 0 Å². The van der Waals surface area contributed by atoms with Crippen LogP contribution >= 0.6 is 0 Å². The molecule has 3 rings (SSSR count). The van der Waals surface area contributed by atoms with Crippen LogP contribution in [0.4, 0.5) is 4.79 Å². The number of nitrogens with zero attached hydrogens (tertiary/aromatic N) is 2. The number of carbonyl (C=O) groups is 2. The predicted molar refractivity (Wildman–Crippen MR) is 127 cm³/mol. The van der Waals surface area contributed by atoms with Gasteiger partial charge >= 0.3 is 6.03 Å². The molecule has 0 aliphatic heterocycles. The molecule has 1 aromatic heterocycles. The zero-order valence-electron chi connectivity index (χ0n) is 18.5. The number of ether oxygens (including phenoxy) is 2. The summed E-state index contributed by atoms with van der Waals surface area (Å²) in [5.74, 6) is 1.99. The summed E-state index contributed by atoms with van der Waals surface area (Å²) in [6.07, 6.45) is 3.66. The third kappa shape index (κ3) is 7.96. The maximum atomic E-state index is 13.3. The van der Waals surface area contributed by atoms with Crippen LogP contribution < -0.4 is 20.1 Å². The van der Waals surface area contributed by atoms with E-state index in [0.29, 0.717) is 29.3 Å². The summed E-state index contributed by atoms with van der Waals surface area (Å²) in [5, 5.41) is 4.56. The topological polar surface area (TPSA) is 141 Å². The molecule has 4 N–H and O–H groups in total. The van der Waals surface area contributed by atoms with E-state index in [0.717, 1.165) is 11.3 Å². The summed E-state index contributed by atoms with van der Waals surface area (Å²) in [5.41, 5.74) is 0.877. The third-order valence-corrected chi connectivity index (χ3v) is 5.93. The van der Waals surface area contributed by atoms with Crippen molar-refractivity contribution < 1.29 is 28.7 Å². The lowest BCUT2D eigenvalue weighted by Crippen LogP contribution is -2.40. The standard InChI is InChI=1S/C23H24N4O5S.H2O/c1-31-19-4-6-20(7-5-19)32-21-8-10-22(11-9-21)33(30)27(14-13-25-23(29)26-17-28)16-18-3-2-12-24-15-18;/h2-12,15,17H,13-14,16H2,1H3,(H2,25,26,28,29);1H2. The summed E-state index contributed by atoms with van der Waals surface area (Å²) in [6, 6.07) is 17.2. The summed E-state index contributed by atoms with van der Waals surface area (Å²) >= 11 is 0. The van der Waals surface area contributed by atoms with Crippen molar-refractivity contribution in [2.75, 3.05) is 20.2 Å². The number of aromatic nitrogens is 1. The van der Waals surface area contributed by atoms with Crippen molar-refractivity contribution in [3.63, 3.8) is 0 Å². The molecule has 10 nitrogen and oxygen atoms in total. The molecule has 0 fully saturated rings. The maximum absolute atomic E-state index is 13.3. The number of amides is 3. The highest BCUT2D eigenvalue weighted by molar-refractivity contribution is 7.82. The van der Waals surface area contributed by atoms with Crippen LogP contribution in [0.2, 0.25) is 0 Å². The molecule has 0 bridgehead atoms. The summed E-state index contributed by atoms with van der Waals surface area (Å²) in [4.78, 5) is 26.5. The Morgan fingerprint density at radius 1 is 1.06 bits per heavy atom. The van der Waals surface area contributed by atoms with E-state index >= 15 is 0 Å². The highest BCUT2D eigenvalue weighted by Gasteiger charge is 2.17. The fourth-order valence-electron chi connectivity index (χ4n) is 2.87. The number of methoxy groups -OCH3 is 1. The minimum absolute atomic E-state index is 0. The molecule has 0 aliphatic rings. The van der Waals surface area contributed by atoms with Crippen molar-refractivity contribution in [3.05, 3.63) is 78.6 Å². The van der Waals surface area contributed by atoms with Gasteiger partial charge in [0.05, 0.1) is 12.0 Å². The van der Waals surface area contributed by atoms with Gasteiger partial charge < -0.3 is 20.3 Å². The quantitative estimate of drug-likeness (QED) is 0.397. The summed E-state index contributed by atoms with van der Waals surface area (Å²) in [7, 11) is 0.0925. The minimum atomic E-state index is -1.51. The smallest absolute Gasteiger partial charge is 0.321 e. The van der Waals surface area contributed by atoms with Crippen LogP contribution in [0.3, 0.4) is 0 Å². The lowest BCUT2D eigenvalue weighted by Gasteiger charge is -2.21. The normalized spacial score (nSPS) is 11.1. The van der Waals surface area contributed by atoms with E-state index in [2.05, 4.69) is 10.3 Å². The largest absolute Gasteiger partial charge is 0.497 e. The number of imide groups is 1. The predicted octanol–water partition coefficient (Wildman–Crippen LogP) is 2.04. The Balaban J connectivity index is 0.00000408. The summed E-state index contributed by atoms with van der Waals surface area (Å²) in [6.45, 7) is 0.851. The zero-order chi connectivity index (χ0) is 23.5. The van der Waals surface area contributed by atoms with Crippen molar-refractivity contribution in [2.45, 2.75) is 11.4 Å². The number of benzene rings is 2. The summed E-state index contributed by atoms with van der Waals surface area (Å²) < 4.78 is 25.9. The van der Waals surface area contributed by atoms with Gasteiger partial charge in [0.2, 0.25) is 6.41 Å². The lowest BCUT2D eigenvalue weighted by molar-refractivity contribution is -0.108. The van der Waals surface area contributed by atoms with E-state index in [1.54, 1.807) is 78.4 Å². The van der Waals surface area contributed by atoms with Crippen molar-refractivity contribution in [2.24, 2.45) is 0 Å². The van der Waals surface area contributed by atoms with Gasteiger partial charge in [-0.3, -0.25) is 15.1 Å². The molecule has 1 unspecified atom stereocenters. The van der Waals surface area contributed by atoms with Gasteiger partial charge in [0.1, 0.15) is 28.2 Å². The second kappa shape index (κ2) is 13.7. The molecule has 3 amide bonds. The van der Waals surface area contributed by atoms with Crippen LogP contribution in [0.15, 0.2) is 78.0 Å². The van der Waals surface area contributed by atoms with Gasteiger partial charge in [-0.05, 0) is 60.2 Å². The van der Waals surface area contributed by atoms with Gasteiger partial charge in [-0.25, -0.2) is 13.3 Å². The number of hydrogen-bond donors (Lipinski definition) is 2. The first-order chi connectivity index (χ1) is 16.1. The Labute approximate surface area is 199 Å². The van der Waals surface area contributed by atoms with Crippen LogP contribution in [-0.2, 0) is 22.3 Å². The van der Waals surface area contributed by atoms with E-state index < -0.39 is 17.0 Å². The number of urea groups is 1. The van der Waals surface area contributed by atoms with E-state index in [4.69, 9.17) is 9.47 Å². The number of rotatable bonds is 11. The molecule has 1 atom stereocenters. The second-order valence-corrected chi connectivity index (χ2v) is 8.23. The molecule has 1 heterocycles. The Hall–Kier alpha value is -3.80. The SMILES string of the molecule is COc1ccc(Oc2ccc(S(=O)N(CCNC(=O)NC=O)Cc3cccnc3)cc2)cc1.O. The molecule has 3 aromatic rings. The Kier molecular flexibility index (Phi) is 10.6. The average Bonchev–Trinajstić information content (AvgIpc) is 2.85. The Bertz CT molecular complexity index is 1070. The lowest BCUT2D eigenvalue weighted by atomic mass is 10.3. The van der Waals surface area contributed by atoms with Crippen molar-refractivity contribution >= 4 is 23.4 Å². The first-order valence-corrected chi connectivity index (χ1v) is 11.2. The number of nitrogens with one attached hydrogen (secondary N) is 2. The maximum Gasteiger partial charge on any atom is 0.321 e.